The molecule has 4 heteroatoms. The molecule has 2 nitrogen and oxygen atoms in total. The van der Waals surface area contributed by atoms with E-state index in [1.165, 1.54) is 6.07 Å². The van der Waals surface area contributed by atoms with Gasteiger partial charge in [-0.25, -0.2) is 4.39 Å². The zero-order chi connectivity index (χ0) is 14.8. The Morgan fingerprint density at radius 2 is 2.00 bits per heavy atom. The Bertz CT molecular complexity index is 768. The first kappa shape index (κ1) is 14.1. The number of benzene rings is 2. The van der Waals surface area contributed by atoms with Crippen molar-refractivity contribution in [3.63, 3.8) is 0 Å². The van der Waals surface area contributed by atoms with Crippen LogP contribution in [0.2, 0.25) is 5.02 Å². The maximum atomic E-state index is 14.3. The summed E-state index contributed by atoms with van der Waals surface area (Å²) in [5, 5.41) is 4.69. The van der Waals surface area contributed by atoms with Crippen LogP contribution in [-0.4, -0.2) is 6.54 Å². The maximum absolute atomic E-state index is 14.3. The predicted octanol–water partition coefficient (Wildman–Crippen LogP) is 4.92. The zero-order valence-corrected chi connectivity index (χ0v) is 12.3. The molecular weight excluding hydrogens is 289 g/mol. The molecule has 0 spiro atoms. The molecule has 0 aliphatic heterocycles. The highest BCUT2D eigenvalue weighted by Gasteiger charge is 2.21. The standard InChI is InChI=1S/C17H15ClFNO/c1-2-20-17(13-8-7-11(18)9-15(13)19)14-10-21-16-6-4-3-5-12(14)16/h3-10,17,20H,2H2,1H3. The molecule has 1 N–H and O–H groups in total. The minimum Gasteiger partial charge on any atom is -0.464 e. The van der Waals surface area contributed by atoms with Crippen LogP contribution in [0.3, 0.4) is 0 Å². The van der Waals surface area contributed by atoms with Gasteiger partial charge in [-0.1, -0.05) is 42.8 Å². The topological polar surface area (TPSA) is 25.2 Å². The predicted molar refractivity (Wildman–Crippen MR) is 83.1 cm³/mol. The summed E-state index contributed by atoms with van der Waals surface area (Å²) >= 11 is 5.84. The number of halogens is 2. The Hall–Kier alpha value is -1.84. The van der Waals surface area contributed by atoms with E-state index < -0.39 is 0 Å². The first-order valence-corrected chi connectivity index (χ1v) is 7.23. The third-order valence-corrected chi connectivity index (χ3v) is 3.74. The monoisotopic (exact) mass is 303 g/mol. The van der Waals surface area contributed by atoms with E-state index in [2.05, 4.69) is 5.32 Å². The smallest absolute Gasteiger partial charge is 0.134 e. The molecule has 0 fully saturated rings. The molecule has 1 unspecified atom stereocenters. The highest BCUT2D eigenvalue weighted by Crippen LogP contribution is 2.32. The number of rotatable bonds is 4. The molecule has 21 heavy (non-hydrogen) atoms. The van der Waals surface area contributed by atoms with E-state index in [4.69, 9.17) is 16.0 Å². The summed E-state index contributed by atoms with van der Waals surface area (Å²) in [6, 6.07) is 12.2. The number of fused-ring (bicyclic) bond motifs is 1. The third-order valence-electron chi connectivity index (χ3n) is 3.50. The van der Waals surface area contributed by atoms with E-state index in [0.717, 1.165) is 16.5 Å². The minimum atomic E-state index is -0.321. The van der Waals surface area contributed by atoms with E-state index >= 15 is 0 Å². The zero-order valence-electron chi connectivity index (χ0n) is 11.6. The largest absolute Gasteiger partial charge is 0.464 e. The van der Waals surface area contributed by atoms with Gasteiger partial charge in [-0.05, 0) is 24.7 Å². The van der Waals surface area contributed by atoms with Crippen molar-refractivity contribution in [3.05, 3.63) is 70.7 Å². The molecule has 108 valence electrons. The normalized spacial score (nSPS) is 12.7. The Kier molecular flexibility index (Phi) is 3.95. The summed E-state index contributed by atoms with van der Waals surface area (Å²) in [6.45, 7) is 2.70. The molecule has 0 aliphatic carbocycles. The van der Waals surface area contributed by atoms with E-state index in [1.807, 2.05) is 31.2 Å². The molecule has 0 amide bonds. The van der Waals surface area contributed by atoms with E-state index in [9.17, 15) is 4.39 Å². The van der Waals surface area contributed by atoms with Crippen LogP contribution in [0.5, 0.6) is 0 Å². The Morgan fingerprint density at radius 3 is 2.76 bits per heavy atom. The van der Waals surface area contributed by atoms with Gasteiger partial charge in [0.05, 0.1) is 12.3 Å². The summed E-state index contributed by atoms with van der Waals surface area (Å²) in [7, 11) is 0. The quantitative estimate of drug-likeness (QED) is 0.739. The van der Waals surface area contributed by atoms with Crippen molar-refractivity contribution in [2.45, 2.75) is 13.0 Å². The molecular formula is C17H15ClFNO. The average molecular weight is 304 g/mol. The summed E-state index contributed by atoms with van der Waals surface area (Å²) in [5.74, 6) is -0.321. The SMILES string of the molecule is CCNC(c1ccc(Cl)cc1F)c1coc2ccccc12. The molecule has 0 saturated carbocycles. The second-order valence-electron chi connectivity index (χ2n) is 4.84. The summed E-state index contributed by atoms with van der Waals surface area (Å²) < 4.78 is 19.8. The fourth-order valence-electron chi connectivity index (χ4n) is 2.55. The molecule has 2 aromatic carbocycles. The van der Waals surface area contributed by atoms with Crippen molar-refractivity contribution in [1.29, 1.82) is 0 Å². The first-order valence-electron chi connectivity index (χ1n) is 6.85. The van der Waals surface area contributed by atoms with E-state index in [0.29, 0.717) is 17.1 Å². The van der Waals surface area contributed by atoms with E-state index in [-0.39, 0.29) is 11.9 Å². The number of para-hydroxylation sites is 1. The second-order valence-corrected chi connectivity index (χ2v) is 5.28. The van der Waals surface area contributed by atoms with Crippen LogP contribution in [0.4, 0.5) is 4.39 Å². The van der Waals surface area contributed by atoms with Crippen LogP contribution in [0, 0.1) is 5.82 Å². The molecule has 3 aromatic rings. The van der Waals surface area contributed by atoms with Gasteiger partial charge in [0.1, 0.15) is 11.4 Å². The average Bonchev–Trinajstić information content (AvgIpc) is 2.89. The molecule has 1 aromatic heterocycles. The first-order chi connectivity index (χ1) is 10.2. The lowest BCUT2D eigenvalue weighted by molar-refractivity contribution is 0.549. The fraction of sp³-hybridized carbons (Fsp3) is 0.176. The van der Waals surface area contributed by atoms with Crippen molar-refractivity contribution < 1.29 is 8.81 Å². The summed E-state index contributed by atoms with van der Waals surface area (Å²) in [4.78, 5) is 0. The van der Waals surface area contributed by atoms with Gasteiger partial charge in [0.25, 0.3) is 0 Å². The number of hydrogen-bond acceptors (Lipinski definition) is 2. The summed E-state index contributed by atoms with van der Waals surface area (Å²) in [5.41, 5.74) is 2.28. The van der Waals surface area contributed by atoms with Crippen LogP contribution in [-0.2, 0) is 0 Å². The molecule has 1 atom stereocenters. The minimum absolute atomic E-state index is 0.268. The van der Waals surface area contributed by atoms with Crippen molar-refractivity contribution in [3.8, 4) is 0 Å². The Labute approximate surface area is 127 Å². The van der Waals surface area contributed by atoms with E-state index in [1.54, 1.807) is 18.4 Å². The van der Waals surface area contributed by atoms with Gasteiger partial charge >= 0.3 is 0 Å². The highest BCUT2D eigenvalue weighted by molar-refractivity contribution is 6.30. The van der Waals surface area contributed by atoms with Gasteiger partial charge in [-0.2, -0.15) is 0 Å². The Morgan fingerprint density at radius 1 is 1.19 bits per heavy atom. The fourth-order valence-corrected chi connectivity index (χ4v) is 2.71. The van der Waals surface area contributed by atoms with Gasteiger partial charge < -0.3 is 9.73 Å². The lowest BCUT2D eigenvalue weighted by Crippen LogP contribution is -2.22. The van der Waals surface area contributed by atoms with Crippen LogP contribution in [0.1, 0.15) is 24.1 Å². The van der Waals surface area contributed by atoms with Crippen molar-refractivity contribution >= 4 is 22.6 Å². The second kappa shape index (κ2) is 5.88. The Balaban J connectivity index is 2.13. The van der Waals surface area contributed by atoms with Gasteiger partial charge in [-0.15, -0.1) is 0 Å². The number of furan rings is 1. The summed E-state index contributed by atoms with van der Waals surface area (Å²) in [6.07, 6.45) is 1.69. The van der Waals surface area contributed by atoms with Crippen LogP contribution >= 0.6 is 11.6 Å². The highest BCUT2D eigenvalue weighted by atomic mass is 35.5. The van der Waals surface area contributed by atoms with Crippen molar-refractivity contribution in [2.75, 3.05) is 6.54 Å². The number of hydrogen-bond donors (Lipinski definition) is 1. The van der Waals surface area contributed by atoms with Gasteiger partial charge in [0.15, 0.2) is 0 Å². The van der Waals surface area contributed by atoms with Crippen molar-refractivity contribution in [1.82, 2.24) is 5.32 Å². The van der Waals surface area contributed by atoms with Crippen molar-refractivity contribution in [2.24, 2.45) is 0 Å². The lowest BCUT2D eigenvalue weighted by Gasteiger charge is -2.18. The van der Waals surface area contributed by atoms with Gasteiger partial charge in [0.2, 0.25) is 0 Å². The maximum Gasteiger partial charge on any atom is 0.134 e. The molecule has 1 heterocycles. The van der Waals surface area contributed by atoms with Gasteiger partial charge in [-0.3, -0.25) is 0 Å². The molecule has 0 saturated heterocycles. The number of nitrogens with one attached hydrogen (secondary N) is 1. The molecule has 0 radical (unpaired) electrons. The molecule has 0 bridgehead atoms. The lowest BCUT2D eigenvalue weighted by atomic mass is 9.97. The van der Waals surface area contributed by atoms with Crippen LogP contribution in [0.25, 0.3) is 11.0 Å². The van der Waals surface area contributed by atoms with Gasteiger partial charge in [0, 0.05) is 21.5 Å². The van der Waals surface area contributed by atoms with Crippen LogP contribution in [0.15, 0.2) is 53.1 Å². The third kappa shape index (κ3) is 2.67. The molecule has 3 rings (SSSR count). The molecule has 0 aliphatic rings. The van der Waals surface area contributed by atoms with Crippen LogP contribution < -0.4 is 5.32 Å².